The molecule has 0 saturated carbocycles. The van der Waals surface area contributed by atoms with Gasteiger partial charge < -0.3 is 10.4 Å². The number of hydrogen-bond acceptors (Lipinski definition) is 4. The van der Waals surface area contributed by atoms with Gasteiger partial charge in [-0.3, -0.25) is 9.69 Å². The molecule has 18 heavy (non-hydrogen) atoms. The number of para-hydroxylation sites is 1. The van der Waals surface area contributed by atoms with Crippen molar-refractivity contribution in [2.24, 2.45) is 0 Å². The van der Waals surface area contributed by atoms with Gasteiger partial charge in [0.15, 0.2) is 0 Å². The summed E-state index contributed by atoms with van der Waals surface area (Å²) in [6.45, 7) is 2.46. The molecule has 0 aliphatic rings. The van der Waals surface area contributed by atoms with E-state index in [-0.39, 0.29) is 12.5 Å². The summed E-state index contributed by atoms with van der Waals surface area (Å²) in [5, 5.41) is 12.1. The van der Waals surface area contributed by atoms with E-state index in [0.717, 1.165) is 10.6 Å². The molecule has 1 aromatic carbocycles. The van der Waals surface area contributed by atoms with E-state index < -0.39 is 6.10 Å². The Bertz CT molecular complexity index is 396. The predicted molar refractivity (Wildman–Crippen MR) is 76.0 cm³/mol. The molecule has 0 heterocycles. The van der Waals surface area contributed by atoms with Crippen molar-refractivity contribution in [3.05, 3.63) is 24.3 Å². The van der Waals surface area contributed by atoms with E-state index in [1.807, 2.05) is 37.6 Å². The van der Waals surface area contributed by atoms with Crippen LogP contribution in [0, 0.1) is 0 Å². The third-order valence-corrected chi connectivity index (χ3v) is 3.17. The normalized spacial score (nSPS) is 12.5. The van der Waals surface area contributed by atoms with Crippen molar-refractivity contribution < 1.29 is 9.90 Å². The molecule has 1 aromatic rings. The first-order chi connectivity index (χ1) is 8.52. The Labute approximate surface area is 112 Å². The van der Waals surface area contributed by atoms with Gasteiger partial charge in [0.1, 0.15) is 0 Å². The lowest BCUT2D eigenvalue weighted by atomic mass is 10.3. The van der Waals surface area contributed by atoms with E-state index in [9.17, 15) is 9.90 Å². The minimum Gasteiger partial charge on any atom is -0.392 e. The van der Waals surface area contributed by atoms with Gasteiger partial charge in [-0.15, -0.1) is 11.8 Å². The topological polar surface area (TPSA) is 52.6 Å². The summed E-state index contributed by atoms with van der Waals surface area (Å²) in [5.41, 5.74) is 0.834. The third kappa shape index (κ3) is 5.08. The number of nitrogens with zero attached hydrogens (tertiary/aromatic N) is 1. The molecule has 1 unspecified atom stereocenters. The van der Waals surface area contributed by atoms with Gasteiger partial charge >= 0.3 is 0 Å². The van der Waals surface area contributed by atoms with Crippen LogP contribution in [-0.4, -0.2) is 48.4 Å². The summed E-state index contributed by atoms with van der Waals surface area (Å²) in [5.74, 6) is -0.0698. The van der Waals surface area contributed by atoms with Gasteiger partial charge in [-0.2, -0.15) is 0 Å². The number of likely N-dealkylation sites (N-methyl/N-ethyl adjacent to an activating group) is 1. The Morgan fingerprint density at radius 3 is 2.78 bits per heavy atom. The van der Waals surface area contributed by atoms with Gasteiger partial charge in [-0.05, 0) is 32.4 Å². The molecule has 0 aliphatic heterocycles. The number of amides is 1. The van der Waals surface area contributed by atoms with Crippen LogP contribution in [0.25, 0.3) is 0 Å². The summed E-state index contributed by atoms with van der Waals surface area (Å²) >= 11 is 1.60. The zero-order valence-corrected chi connectivity index (χ0v) is 11.8. The molecule has 0 fully saturated rings. The van der Waals surface area contributed by atoms with Gasteiger partial charge in [0.25, 0.3) is 0 Å². The average molecular weight is 268 g/mol. The first kappa shape index (κ1) is 15.0. The Hall–Kier alpha value is -1.04. The first-order valence-electron chi connectivity index (χ1n) is 5.82. The van der Waals surface area contributed by atoms with Crippen LogP contribution in [0.3, 0.4) is 0 Å². The fourth-order valence-electron chi connectivity index (χ4n) is 1.70. The van der Waals surface area contributed by atoms with Crippen molar-refractivity contribution in [1.82, 2.24) is 4.90 Å². The van der Waals surface area contributed by atoms with Crippen molar-refractivity contribution in [3.8, 4) is 0 Å². The maximum atomic E-state index is 11.8. The first-order valence-corrected chi connectivity index (χ1v) is 7.05. The van der Waals surface area contributed by atoms with E-state index in [2.05, 4.69) is 5.32 Å². The molecule has 0 spiro atoms. The number of thioether (sulfide) groups is 1. The van der Waals surface area contributed by atoms with Crippen LogP contribution in [0.5, 0.6) is 0 Å². The number of carbonyl (C=O) groups is 1. The molecule has 1 atom stereocenters. The third-order valence-electron chi connectivity index (χ3n) is 2.37. The Morgan fingerprint density at radius 2 is 2.17 bits per heavy atom. The zero-order valence-electron chi connectivity index (χ0n) is 11.0. The van der Waals surface area contributed by atoms with E-state index in [1.54, 1.807) is 23.6 Å². The van der Waals surface area contributed by atoms with Gasteiger partial charge in [-0.25, -0.2) is 0 Å². The molecule has 0 radical (unpaired) electrons. The second-order valence-corrected chi connectivity index (χ2v) is 5.14. The van der Waals surface area contributed by atoms with Gasteiger partial charge in [0.2, 0.25) is 5.91 Å². The molecule has 100 valence electrons. The molecular formula is C13H20N2O2S. The zero-order chi connectivity index (χ0) is 13.5. The number of benzene rings is 1. The average Bonchev–Trinajstić information content (AvgIpc) is 2.28. The highest BCUT2D eigenvalue weighted by molar-refractivity contribution is 7.98. The Morgan fingerprint density at radius 1 is 1.50 bits per heavy atom. The molecule has 0 aliphatic carbocycles. The summed E-state index contributed by atoms with van der Waals surface area (Å²) in [4.78, 5) is 14.7. The van der Waals surface area contributed by atoms with E-state index in [4.69, 9.17) is 0 Å². The van der Waals surface area contributed by atoms with Crippen molar-refractivity contribution in [1.29, 1.82) is 0 Å². The number of hydrogen-bond donors (Lipinski definition) is 2. The number of rotatable bonds is 6. The molecule has 0 bridgehead atoms. The molecule has 0 saturated heterocycles. The second kappa shape index (κ2) is 7.41. The molecule has 0 aromatic heterocycles. The van der Waals surface area contributed by atoms with E-state index >= 15 is 0 Å². The molecule has 1 amide bonds. The van der Waals surface area contributed by atoms with Crippen molar-refractivity contribution in [2.45, 2.75) is 17.9 Å². The fourth-order valence-corrected chi connectivity index (χ4v) is 2.25. The minimum atomic E-state index is -0.429. The van der Waals surface area contributed by atoms with Crippen molar-refractivity contribution in [3.63, 3.8) is 0 Å². The smallest absolute Gasteiger partial charge is 0.238 e. The maximum absolute atomic E-state index is 11.8. The van der Waals surface area contributed by atoms with Gasteiger partial charge in [0, 0.05) is 11.4 Å². The number of aliphatic hydroxyl groups is 1. The number of aliphatic hydroxyl groups excluding tert-OH is 1. The molecular weight excluding hydrogens is 248 g/mol. The monoisotopic (exact) mass is 268 g/mol. The van der Waals surface area contributed by atoms with Gasteiger partial charge in [0.05, 0.1) is 18.3 Å². The lowest BCUT2D eigenvalue weighted by Crippen LogP contribution is -2.34. The lowest BCUT2D eigenvalue weighted by molar-refractivity contribution is -0.117. The van der Waals surface area contributed by atoms with Crippen LogP contribution in [0.4, 0.5) is 5.69 Å². The Kier molecular flexibility index (Phi) is 6.18. The largest absolute Gasteiger partial charge is 0.392 e. The number of anilines is 1. The lowest BCUT2D eigenvalue weighted by Gasteiger charge is -2.18. The Balaban J connectivity index is 2.54. The SMILES string of the molecule is CSc1ccccc1NC(=O)CN(C)CC(C)O. The predicted octanol–water partition coefficient (Wildman–Crippen LogP) is 1.66. The van der Waals surface area contributed by atoms with Crippen LogP contribution in [-0.2, 0) is 4.79 Å². The summed E-state index contributed by atoms with van der Waals surface area (Å²) in [6.07, 6.45) is 1.55. The highest BCUT2D eigenvalue weighted by Crippen LogP contribution is 2.24. The van der Waals surface area contributed by atoms with E-state index in [0.29, 0.717) is 6.54 Å². The second-order valence-electron chi connectivity index (χ2n) is 4.29. The van der Waals surface area contributed by atoms with Crippen LogP contribution >= 0.6 is 11.8 Å². The molecule has 5 heteroatoms. The summed E-state index contributed by atoms with van der Waals surface area (Å²) in [7, 11) is 1.81. The highest BCUT2D eigenvalue weighted by Gasteiger charge is 2.10. The van der Waals surface area contributed by atoms with Crippen molar-refractivity contribution in [2.75, 3.05) is 31.7 Å². The highest BCUT2D eigenvalue weighted by atomic mass is 32.2. The summed E-state index contributed by atoms with van der Waals surface area (Å²) < 4.78 is 0. The fraction of sp³-hybridized carbons (Fsp3) is 0.462. The minimum absolute atomic E-state index is 0.0698. The number of carbonyl (C=O) groups excluding carboxylic acids is 1. The van der Waals surface area contributed by atoms with Crippen LogP contribution < -0.4 is 5.32 Å². The van der Waals surface area contributed by atoms with Crippen LogP contribution in [0.1, 0.15) is 6.92 Å². The van der Waals surface area contributed by atoms with Crippen molar-refractivity contribution >= 4 is 23.4 Å². The van der Waals surface area contributed by atoms with Crippen LogP contribution in [0.2, 0.25) is 0 Å². The maximum Gasteiger partial charge on any atom is 0.238 e. The molecule has 2 N–H and O–H groups in total. The standard InChI is InChI=1S/C13H20N2O2S/c1-10(16)8-15(2)9-13(17)14-11-6-4-5-7-12(11)18-3/h4-7,10,16H,8-9H2,1-3H3,(H,14,17). The van der Waals surface area contributed by atoms with Crippen LogP contribution in [0.15, 0.2) is 29.2 Å². The molecule has 1 rings (SSSR count). The molecule has 4 nitrogen and oxygen atoms in total. The van der Waals surface area contributed by atoms with E-state index in [1.165, 1.54) is 0 Å². The number of nitrogens with one attached hydrogen (secondary N) is 1. The quantitative estimate of drug-likeness (QED) is 0.771. The summed E-state index contributed by atoms with van der Waals surface area (Å²) in [6, 6.07) is 7.70. The van der Waals surface area contributed by atoms with Gasteiger partial charge in [-0.1, -0.05) is 12.1 Å².